The first kappa shape index (κ1) is 15.5. The molecule has 0 atom stereocenters. The standard InChI is InChI=1S/C19H25N3O2/c1-11-2-15(10-21-22-18(20)24)17(23)16(3-11)19-7-12-4-13(8-19)6-14(5-12)9-19/h2-3,10,12-14,23H,4-9H2,1H3,(H3,20,22,24). The lowest BCUT2D eigenvalue weighted by molar-refractivity contribution is -0.00616. The number of carbonyl (C=O) groups is 1. The SMILES string of the molecule is Cc1cc(C=NNC(N)=O)c(O)c(C23CC4CC(CC(C4)C2)C3)c1. The summed E-state index contributed by atoms with van der Waals surface area (Å²) in [5.41, 5.74) is 10.2. The van der Waals surface area contributed by atoms with Gasteiger partial charge < -0.3 is 10.8 Å². The number of hydrogen-bond donors (Lipinski definition) is 3. The Hall–Kier alpha value is -2.04. The number of amides is 2. The minimum absolute atomic E-state index is 0.130. The van der Waals surface area contributed by atoms with Crippen molar-refractivity contribution in [1.82, 2.24) is 5.43 Å². The van der Waals surface area contributed by atoms with Crippen LogP contribution in [-0.4, -0.2) is 17.4 Å². The summed E-state index contributed by atoms with van der Waals surface area (Å²) in [6.07, 6.45) is 9.22. The minimum Gasteiger partial charge on any atom is -0.507 e. The highest BCUT2D eigenvalue weighted by Crippen LogP contribution is 2.62. The van der Waals surface area contributed by atoms with Gasteiger partial charge in [0.2, 0.25) is 0 Å². The van der Waals surface area contributed by atoms with Crippen LogP contribution >= 0.6 is 0 Å². The Morgan fingerprint density at radius 2 is 1.83 bits per heavy atom. The van der Waals surface area contributed by atoms with Gasteiger partial charge in [-0.1, -0.05) is 6.07 Å². The largest absolute Gasteiger partial charge is 0.507 e. The van der Waals surface area contributed by atoms with Crippen molar-refractivity contribution < 1.29 is 9.90 Å². The van der Waals surface area contributed by atoms with Gasteiger partial charge in [-0.25, -0.2) is 10.2 Å². The summed E-state index contributed by atoms with van der Waals surface area (Å²) in [6.45, 7) is 2.04. The lowest BCUT2D eigenvalue weighted by Crippen LogP contribution is -2.48. The van der Waals surface area contributed by atoms with Gasteiger partial charge in [0.25, 0.3) is 0 Å². The van der Waals surface area contributed by atoms with E-state index in [-0.39, 0.29) is 5.41 Å². The molecule has 2 amide bonds. The summed E-state index contributed by atoms with van der Waals surface area (Å²) in [7, 11) is 0. The number of aromatic hydroxyl groups is 1. The lowest BCUT2D eigenvalue weighted by atomic mass is 9.48. The van der Waals surface area contributed by atoms with Crippen molar-refractivity contribution in [2.24, 2.45) is 28.6 Å². The molecule has 1 aromatic rings. The van der Waals surface area contributed by atoms with Gasteiger partial charge >= 0.3 is 6.03 Å². The first-order chi connectivity index (χ1) is 11.4. The molecule has 4 saturated carbocycles. The normalized spacial score (nSPS) is 34.0. The maximum atomic E-state index is 10.9. The molecule has 128 valence electrons. The van der Waals surface area contributed by atoms with E-state index in [2.05, 4.69) is 16.6 Å². The van der Waals surface area contributed by atoms with E-state index >= 15 is 0 Å². The molecular formula is C19H25N3O2. The van der Waals surface area contributed by atoms with Crippen LogP contribution in [0.4, 0.5) is 4.79 Å². The van der Waals surface area contributed by atoms with E-state index in [1.165, 1.54) is 44.7 Å². The topological polar surface area (TPSA) is 87.7 Å². The lowest BCUT2D eigenvalue weighted by Gasteiger charge is -2.57. The van der Waals surface area contributed by atoms with Crippen molar-refractivity contribution in [3.05, 3.63) is 28.8 Å². The monoisotopic (exact) mass is 327 g/mol. The zero-order valence-electron chi connectivity index (χ0n) is 14.1. The van der Waals surface area contributed by atoms with Gasteiger partial charge in [0, 0.05) is 11.1 Å². The van der Waals surface area contributed by atoms with Crippen LogP contribution in [0.25, 0.3) is 0 Å². The number of benzene rings is 1. The van der Waals surface area contributed by atoms with E-state index in [1.54, 1.807) is 0 Å². The Bertz CT molecular complexity index is 676. The fourth-order valence-corrected chi connectivity index (χ4v) is 5.92. The molecule has 4 fully saturated rings. The number of nitrogens with zero attached hydrogens (tertiary/aromatic N) is 1. The molecule has 4 aliphatic carbocycles. The van der Waals surface area contributed by atoms with Gasteiger partial charge in [0.1, 0.15) is 5.75 Å². The number of carbonyl (C=O) groups excluding carboxylic acids is 1. The molecule has 0 unspecified atom stereocenters. The van der Waals surface area contributed by atoms with E-state index in [1.807, 2.05) is 13.0 Å². The fourth-order valence-electron chi connectivity index (χ4n) is 5.92. The van der Waals surface area contributed by atoms with Gasteiger partial charge in [0.05, 0.1) is 6.21 Å². The second-order valence-electron chi connectivity index (χ2n) is 8.18. The molecule has 5 nitrogen and oxygen atoms in total. The maximum absolute atomic E-state index is 10.9. The highest BCUT2D eigenvalue weighted by molar-refractivity contribution is 5.86. The van der Waals surface area contributed by atoms with E-state index in [0.29, 0.717) is 11.3 Å². The summed E-state index contributed by atoms with van der Waals surface area (Å²) >= 11 is 0. The van der Waals surface area contributed by atoms with Crippen molar-refractivity contribution in [2.45, 2.75) is 50.9 Å². The highest BCUT2D eigenvalue weighted by atomic mass is 16.3. The molecule has 1 aromatic carbocycles. The average molecular weight is 327 g/mol. The Labute approximate surface area is 142 Å². The van der Waals surface area contributed by atoms with Gasteiger partial charge in [-0.15, -0.1) is 0 Å². The molecule has 0 saturated heterocycles. The third-order valence-corrected chi connectivity index (χ3v) is 6.27. The number of nitrogens with two attached hydrogens (primary N) is 1. The smallest absolute Gasteiger partial charge is 0.332 e. The Kier molecular flexibility index (Phi) is 3.55. The van der Waals surface area contributed by atoms with Crippen LogP contribution in [0.15, 0.2) is 17.2 Å². The zero-order valence-corrected chi connectivity index (χ0v) is 14.1. The molecule has 0 aliphatic heterocycles. The van der Waals surface area contributed by atoms with Crippen LogP contribution in [-0.2, 0) is 5.41 Å². The van der Waals surface area contributed by atoms with E-state index in [0.717, 1.165) is 28.9 Å². The Morgan fingerprint density at radius 3 is 2.38 bits per heavy atom. The highest BCUT2D eigenvalue weighted by Gasteiger charge is 2.52. The number of nitrogens with one attached hydrogen (secondary N) is 1. The summed E-state index contributed by atoms with van der Waals surface area (Å²) in [4.78, 5) is 10.8. The van der Waals surface area contributed by atoms with Crippen LogP contribution in [0, 0.1) is 24.7 Å². The van der Waals surface area contributed by atoms with E-state index in [4.69, 9.17) is 5.73 Å². The van der Waals surface area contributed by atoms with Gasteiger partial charge in [-0.05, 0) is 80.2 Å². The quantitative estimate of drug-likeness (QED) is 0.588. The number of hydrazone groups is 1. The molecule has 0 spiro atoms. The number of primary amides is 1. The van der Waals surface area contributed by atoms with Crippen molar-refractivity contribution in [2.75, 3.05) is 0 Å². The molecule has 4 bridgehead atoms. The van der Waals surface area contributed by atoms with Crippen LogP contribution < -0.4 is 11.2 Å². The Balaban J connectivity index is 1.72. The second-order valence-corrected chi connectivity index (χ2v) is 8.18. The first-order valence-electron chi connectivity index (χ1n) is 8.88. The van der Waals surface area contributed by atoms with Gasteiger partial charge in [0.15, 0.2) is 0 Å². The van der Waals surface area contributed by atoms with Crippen LogP contribution in [0.5, 0.6) is 5.75 Å². The van der Waals surface area contributed by atoms with Crippen molar-refractivity contribution in [3.8, 4) is 5.75 Å². The van der Waals surface area contributed by atoms with Crippen molar-refractivity contribution >= 4 is 12.2 Å². The van der Waals surface area contributed by atoms with Crippen molar-refractivity contribution in [1.29, 1.82) is 0 Å². The number of hydrogen-bond acceptors (Lipinski definition) is 3. The van der Waals surface area contributed by atoms with Crippen LogP contribution in [0.2, 0.25) is 0 Å². The second kappa shape index (κ2) is 5.50. The average Bonchev–Trinajstić information content (AvgIpc) is 2.48. The number of urea groups is 1. The third-order valence-electron chi connectivity index (χ3n) is 6.27. The summed E-state index contributed by atoms with van der Waals surface area (Å²) < 4.78 is 0. The molecule has 0 aromatic heterocycles. The summed E-state index contributed by atoms with van der Waals surface area (Å²) in [6, 6.07) is 3.34. The predicted octanol–water partition coefficient (Wildman–Crippen LogP) is 3.17. The first-order valence-corrected chi connectivity index (χ1v) is 8.88. The molecule has 4 N–H and O–H groups in total. The molecule has 0 radical (unpaired) electrons. The maximum Gasteiger partial charge on any atom is 0.332 e. The van der Waals surface area contributed by atoms with Crippen LogP contribution in [0.1, 0.15) is 55.2 Å². The number of phenolic OH excluding ortho intramolecular Hbond substituents is 1. The third kappa shape index (κ3) is 2.56. The number of rotatable bonds is 3. The molecule has 5 rings (SSSR count). The predicted molar refractivity (Wildman–Crippen MR) is 93.0 cm³/mol. The summed E-state index contributed by atoms with van der Waals surface area (Å²) in [5.74, 6) is 2.79. The zero-order chi connectivity index (χ0) is 16.9. The minimum atomic E-state index is -0.709. The molecule has 24 heavy (non-hydrogen) atoms. The van der Waals surface area contributed by atoms with Gasteiger partial charge in [-0.2, -0.15) is 5.10 Å². The Morgan fingerprint density at radius 1 is 1.25 bits per heavy atom. The van der Waals surface area contributed by atoms with Crippen LogP contribution in [0.3, 0.4) is 0 Å². The van der Waals surface area contributed by atoms with Gasteiger partial charge in [-0.3, -0.25) is 0 Å². The van der Waals surface area contributed by atoms with E-state index in [9.17, 15) is 9.90 Å². The molecular weight excluding hydrogens is 302 g/mol. The fraction of sp³-hybridized carbons (Fsp3) is 0.579. The van der Waals surface area contributed by atoms with E-state index < -0.39 is 6.03 Å². The number of phenols is 1. The molecule has 4 aliphatic rings. The summed E-state index contributed by atoms with van der Waals surface area (Å²) in [5, 5.41) is 14.7. The molecule has 5 heteroatoms. The van der Waals surface area contributed by atoms with Crippen molar-refractivity contribution in [3.63, 3.8) is 0 Å². The number of aryl methyl sites for hydroxylation is 1. The molecule has 0 heterocycles.